The van der Waals surface area contributed by atoms with Crippen molar-refractivity contribution in [1.29, 1.82) is 0 Å². The van der Waals surface area contributed by atoms with E-state index >= 15 is 0 Å². The standard InChI is InChI=1S/C12H14N2OS/c13-9-12(15,8-11-14-6-7-16-11)10-4-2-1-3-5-10/h1-7,15H,8-9,13H2. The van der Waals surface area contributed by atoms with Crippen LogP contribution in [0.3, 0.4) is 0 Å². The summed E-state index contributed by atoms with van der Waals surface area (Å²) in [5.41, 5.74) is 5.51. The van der Waals surface area contributed by atoms with Crippen molar-refractivity contribution in [3.63, 3.8) is 0 Å². The molecule has 1 unspecified atom stereocenters. The first-order valence-corrected chi connectivity index (χ1v) is 5.99. The number of nitrogens with two attached hydrogens (primary N) is 1. The van der Waals surface area contributed by atoms with Crippen LogP contribution in [0.1, 0.15) is 10.6 Å². The largest absolute Gasteiger partial charge is 0.383 e. The first-order valence-electron chi connectivity index (χ1n) is 5.11. The molecule has 0 fully saturated rings. The average molecular weight is 234 g/mol. The Hall–Kier alpha value is -1.23. The Bertz CT molecular complexity index is 430. The molecule has 0 aliphatic heterocycles. The first-order chi connectivity index (χ1) is 7.74. The normalized spacial score (nSPS) is 14.6. The van der Waals surface area contributed by atoms with Gasteiger partial charge < -0.3 is 10.8 Å². The second-order valence-corrected chi connectivity index (χ2v) is 4.68. The minimum atomic E-state index is -1.01. The van der Waals surface area contributed by atoms with E-state index in [1.165, 1.54) is 11.3 Å². The summed E-state index contributed by atoms with van der Waals surface area (Å²) in [7, 11) is 0. The molecular formula is C12H14N2OS. The lowest BCUT2D eigenvalue weighted by Gasteiger charge is -2.26. The molecule has 0 amide bonds. The zero-order chi connectivity index (χ0) is 11.4. The van der Waals surface area contributed by atoms with Gasteiger partial charge in [-0.1, -0.05) is 30.3 Å². The second kappa shape index (κ2) is 4.74. The van der Waals surface area contributed by atoms with Gasteiger partial charge in [-0.25, -0.2) is 4.98 Å². The Morgan fingerprint density at radius 2 is 2.06 bits per heavy atom. The molecule has 0 radical (unpaired) electrons. The highest BCUT2D eigenvalue weighted by molar-refractivity contribution is 7.09. The summed E-state index contributed by atoms with van der Waals surface area (Å²) in [4.78, 5) is 4.18. The van der Waals surface area contributed by atoms with Crippen LogP contribution in [-0.4, -0.2) is 16.6 Å². The van der Waals surface area contributed by atoms with Crippen molar-refractivity contribution in [1.82, 2.24) is 4.98 Å². The Morgan fingerprint density at radius 1 is 1.31 bits per heavy atom. The van der Waals surface area contributed by atoms with Gasteiger partial charge in [0.15, 0.2) is 0 Å². The van der Waals surface area contributed by atoms with Gasteiger partial charge in [0.1, 0.15) is 5.60 Å². The SMILES string of the molecule is NCC(O)(Cc1nccs1)c1ccccc1. The van der Waals surface area contributed by atoms with Crippen LogP contribution < -0.4 is 5.73 Å². The lowest BCUT2D eigenvalue weighted by atomic mass is 9.91. The van der Waals surface area contributed by atoms with Gasteiger partial charge in [0.2, 0.25) is 0 Å². The average Bonchev–Trinajstić information content (AvgIpc) is 2.83. The maximum absolute atomic E-state index is 10.5. The third-order valence-electron chi connectivity index (χ3n) is 2.58. The lowest BCUT2D eigenvalue weighted by molar-refractivity contribution is 0.0462. The van der Waals surface area contributed by atoms with Crippen molar-refractivity contribution in [2.24, 2.45) is 5.73 Å². The van der Waals surface area contributed by atoms with E-state index in [1.54, 1.807) is 6.20 Å². The monoisotopic (exact) mass is 234 g/mol. The van der Waals surface area contributed by atoms with Crippen molar-refractivity contribution in [3.05, 3.63) is 52.5 Å². The molecule has 0 spiro atoms. The van der Waals surface area contributed by atoms with Crippen LogP contribution in [0.15, 0.2) is 41.9 Å². The van der Waals surface area contributed by atoms with Crippen molar-refractivity contribution >= 4 is 11.3 Å². The molecule has 1 aromatic carbocycles. The molecule has 1 aromatic heterocycles. The number of hydrogen-bond donors (Lipinski definition) is 2. The molecule has 0 aliphatic rings. The smallest absolute Gasteiger partial charge is 0.108 e. The van der Waals surface area contributed by atoms with Gasteiger partial charge in [-0.3, -0.25) is 0 Å². The molecule has 0 saturated heterocycles. The number of thiazole rings is 1. The molecule has 1 atom stereocenters. The van der Waals surface area contributed by atoms with Gasteiger partial charge in [0, 0.05) is 24.5 Å². The van der Waals surface area contributed by atoms with Crippen molar-refractivity contribution < 1.29 is 5.11 Å². The molecule has 3 N–H and O–H groups in total. The summed E-state index contributed by atoms with van der Waals surface area (Å²) in [6.07, 6.45) is 2.20. The fraction of sp³-hybridized carbons (Fsp3) is 0.250. The number of benzene rings is 1. The molecule has 84 valence electrons. The molecule has 4 heteroatoms. The van der Waals surface area contributed by atoms with E-state index in [1.807, 2.05) is 35.7 Å². The molecule has 2 rings (SSSR count). The predicted octanol–water partition coefficient (Wildman–Crippen LogP) is 1.53. The third-order valence-corrected chi connectivity index (χ3v) is 3.36. The third kappa shape index (κ3) is 2.29. The van der Waals surface area contributed by atoms with Gasteiger partial charge in [0.05, 0.1) is 5.01 Å². The molecule has 0 aliphatic carbocycles. The van der Waals surface area contributed by atoms with Crippen LogP contribution in [0.25, 0.3) is 0 Å². The first kappa shape index (κ1) is 11.3. The van der Waals surface area contributed by atoms with Crippen molar-refractivity contribution in [2.75, 3.05) is 6.54 Å². The topological polar surface area (TPSA) is 59.1 Å². The van der Waals surface area contributed by atoms with E-state index in [4.69, 9.17) is 5.73 Å². The summed E-state index contributed by atoms with van der Waals surface area (Å²) < 4.78 is 0. The number of aromatic nitrogens is 1. The fourth-order valence-corrected chi connectivity index (χ4v) is 2.35. The molecule has 0 saturated carbocycles. The Kier molecular flexibility index (Phi) is 3.33. The maximum atomic E-state index is 10.5. The van der Waals surface area contributed by atoms with E-state index in [-0.39, 0.29) is 6.54 Å². The molecule has 0 bridgehead atoms. The van der Waals surface area contributed by atoms with E-state index in [2.05, 4.69) is 4.98 Å². The van der Waals surface area contributed by atoms with Crippen molar-refractivity contribution in [2.45, 2.75) is 12.0 Å². The van der Waals surface area contributed by atoms with Gasteiger partial charge in [0.25, 0.3) is 0 Å². The van der Waals surface area contributed by atoms with Gasteiger partial charge >= 0.3 is 0 Å². The Labute approximate surface area is 98.6 Å². The van der Waals surface area contributed by atoms with E-state index in [0.717, 1.165) is 10.6 Å². The highest BCUT2D eigenvalue weighted by atomic mass is 32.1. The van der Waals surface area contributed by atoms with Crippen LogP contribution in [-0.2, 0) is 12.0 Å². The zero-order valence-electron chi connectivity index (χ0n) is 8.84. The lowest BCUT2D eigenvalue weighted by Crippen LogP contribution is -2.37. The zero-order valence-corrected chi connectivity index (χ0v) is 9.65. The minimum Gasteiger partial charge on any atom is -0.383 e. The molecule has 1 heterocycles. The number of aliphatic hydroxyl groups is 1. The van der Waals surface area contributed by atoms with Crippen LogP contribution in [0.5, 0.6) is 0 Å². The molecule has 2 aromatic rings. The second-order valence-electron chi connectivity index (χ2n) is 3.70. The van der Waals surface area contributed by atoms with Crippen molar-refractivity contribution in [3.8, 4) is 0 Å². The summed E-state index contributed by atoms with van der Waals surface area (Å²) in [5, 5.41) is 13.3. The van der Waals surface area contributed by atoms with Crippen LogP contribution in [0.4, 0.5) is 0 Å². The molecular weight excluding hydrogens is 220 g/mol. The quantitative estimate of drug-likeness (QED) is 0.843. The van der Waals surface area contributed by atoms with E-state index < -0.39 is 5.60 Å². The predicted molar refractivity (Wildman–Crippen MR) is 65.2 cm³/mol. The van der Waals surface area contributed by atoms with E-state index in [9.17, 15) is 5.11 Å². The molecule has 16 heavy (non-hydrogen) atoms. The van der Waals surface area contributed by atoms with Gasteiger partial charge in [-0.15, -0.1) is 11.3 Å². The Balaban J connectivity index is 2.26. The summed E-state index contributed by atoms with van der Waals surface area (Å²) in [6.45, 7) is 0.191. The van der Waals surface area contributed by atoms with Gasteiger partial charge in [-0.2, -0.15) is 0 Å². The van der Waals surface area contributed by atoms with Crippen LogP contribution >= 0.6 is 11.3 Å². The van der Waals surface area contributed by atoms with Crippen LogP contribution in [0.2, 0.25) is 0 Å². The Morgan fingerprint density at radius 3 is 2.62 bits per heavy atom. The maximum Gasteiger partial charge on any atom is 0.108 e. The summed E-state index contributed by atoms with van der Waals surface area (Å²) in [5.74, 6) is 0. The molecule has 3 nitrogen and oxygen atoms in total. The fourth-order valence-electron chi connectivity index (χ4n) is 1.63. The summed E-state index contributed by atoms with van der Waals surface area (Å²) >= 11 is 1.53. The highest BCUT2D eigenvalue weighted by Gasteiger charge is 2.28. The minimum absolute atomic E-state index is 0.191. The number of nitrogens with zero attached hydrogens (tertiary/aromatic N) is 1. The van der Waals surface area contributed by atoms with E-state index in [0.29, 0.717) is 6.42 Å². The number of hydrogen-bond acceptors (Lipinski definition) is 4. The highest BCUT2D eigenvalue weighted by Crippen LogP contribution is 2.25. The number of rotatable bonds is 4. The summed E-state index contributed by atoms with van der Waals surface area (Å²) in [6, 6.07) is 9.50. The van der Waals surface area contributed by atoms with Crippen LogP contribution in [0, 0.1) is 0 Å². The van der Waals surface area contributed by atoms with Gasteiger partial charge in [-0.05, 0) is 5.56 Å².